The SMILES string of the molecule is CCCc1cccc2c1NC1CC3C(=O)C(O)C(=O)C3CC21. The summed E-state index contributed by atoms with van der Waals surface area (Å²) in [4.78, 5) is 24.2. The molecule has 0 saturated heterocycles. The molecule has 2 fully saturated rings. The minimum atomic E-state index is -1.38. The van der Waals surface area contributed by atoms with Crippen molar-refractivity contribution in [1.29, 1.82) is 0 Å². The summed E-state index contributed by atoms with van der Waals surface area (Å²) >= 11 is 0. The minimum absolute atomic E-state index is 0.219. The van der Waals surface area contributed by atoms with Crippen LogP contribution < -0.4 is 5.32 Å². The van der Waals surface area contributed by atoms with E-state index in [9.17, 15) is 14.7 Å². The molecule has 0 spiro atoms. The van der Waals surface area contributed by atoms with E-state index in [0.29, 0.717) is 12.8 Å². The summed E-state index contributed by atoms with van der Waals surface area (Å²) in [6.07, 6.45) is 2.12. The molecule has 116 valence electrons. The molecule has 22 heavy (non-hydrogen) atoms. The van der Waals surface area contributed by atoms with E-state index in [-0.39, 0.29) is 35.4 Å². The van der Waals surface area contributed by atoms with Crippen molar-refractivity contribution in [1.82, 2.24) is 0 Å². The maximum atomic E-state index is 12.1. The third-order valence-corrected chi connectivity index (χ3v) is 5.69. The standard InChI is InChI=1S/C18H21NO3/c1-2-4-9-5-3-6-10-11-7-12-13(8-14(11)19-15(9)10)17(21)18(22)16(12)20/h3,5-6,11-14,18-19,22H,2,4,7-8H2,1H3. The van der Waals surface area contributed by atoms with Gasteiger partial charge in [-0.15, -0.1) is 0 Å². The number of aliphatic hydroxyl groups is 1. The molecule has 2 aliphatic carbocycles. The fourth-order valence-electron chi connectivity index (χ4n) is 4.65. The summed E-state index contributed by atoms with van der Waals surface area (Å²) in [6, 6.07) is 6.62. The van der Waals surface area contributed by atoms with Crippen molar-refractivity contribution in [2.24, 2.45) is 11.8 Å². The fourth-order valence-corrected chi connectivity index (χ4v) is 4.65. The highest BCUT2D eigenvalue weighted by atomic mass is 16.3. The second-order valence-corrected chi connectivity index (χ2v) is 6.88. The van der Waals surface area contributed by atoms with Crippen LogP contribution in [0.1, 0.15) is 43.2 Å². The highest BCUT2D eigenvalue weighted by molar-refractivity contribution is 6.14. The molecule has 0 aromatic heterocycles. The van der Waals surface area contributed by atoms with Gasteiger partial charge in [-0.05, 0) is 30.4 Å². The molecule has 4 heteroatoms. The molecule has 3 aliphatic rings. The first kappa shape index (κ1) is 13.9. The van der Waals surface area contributed by atoms with Crippen molar-refractivity contribution in [3.8, 4) is 0 Å². The number of aryl methyl sites for hydroxylation is 1. The monoisotopic (exact) mass is 299 g/mol. The van der Waals surface area contributed by atoms with Crippen LogP contribution in [0.25, 0.3) is 0 Å². The average Bonchev–Trinajstić information content (AvgIpc) is 2.99. The van der Waals surface area contributed by atoms with Gasteiger partial charge in [0.25, 0.3) is 0 Å². The van der Waals surface area contributed by atoms with E-state index in [0.717, 1.165) is 12.8 Å². The van der Waals surface area contributed by atoms with Gasteiger partial charge in [-0.1, -0.05) is 31.5 Å². The van der Waals surface area contributed by atoms with Crippen LogP contribution in [0, 0.1) is 11.8 Å². The highest BCUT2D eigenvalue weighted by Crippen LogP contribution is 2.51. The van der Waals surface area contributed by atoms with Gasteiger partial charge in [0.05, 0.1) is 0 Å². The van der Waals surface area contributed by atoms with Gasteiger partial charge in [0, 0.05) is 29.5 Å². The van der Waals surface area contributed by atoms with E-state index in [4.69, 9.17) is 0 Å². The number of benzene rings is 1. The third kappa shape index (κ3) is 1.80. The molecule has 0 radical (unpaired) electrons. The zero-order valence-corrected chi connectivity index (χ0v) is 12.7. The average molecular weight is 299 g/mol. The number of aliphatic hydroxyl groups excluding tert-OH is 1. The molecule has 0 amide bonds. The van der Waals surface area contributed by atoms with Gasteiger partial charge in [0.2, 0.25) is 0 Å². The molecule has 1 heterocycles. The second kappa shape index (κ2) is 4.92. The molecule has 5 unspecified atom stereocenters. The Morgan fingerprint density at radius 2 is 1.86 bits per heavy atom. The zero-order valence-electron chi connectivity index (χ0n) is 12.7. The van der Waals surface area contributed by atoms with E-state index in [2.05, 4.69) is 30.4 Å². The topological polar surface area (TPSA) is 66.4 Å². The van der Waals surface area contributed by atoms with Crippen LogP contribution in [-0.4, -0.2) is 28.8 Å². The van der Waals surface area contributed by atoms with E-state index in [1.54, 1.807) is 0 Å². The minimum Gasteiger partial charge on any atom is -0.381 e. The number of anilines is 1. The zero-order chi connectivity index (χ0) is 15.4. The van der Waals surface area contributed by atoms with Gasteiger partial charge in [-0.25, -0.2) is 0 Å². The highest BCUT2D eigenvalue weighted by Gasteiger charge is 2.54. The van der Waals surface area contributed by atoms with E-state index in [1.807, 2.05) is 0 Å². The molecule has 5 atom stereocenters. The normalized spacial score (nSPS) is 35.8. The largest absolute Gasteiger partial charge is 0.381 e. The molecular formula is C18H21NO3. The number of rotatable bonds is 2. The van der Waals surface area contributed by atoms with Crippen molar-refractivity contribution in [2.45, 2.75) is 50.7 Å². The van der Waals surface area contributed by atoms with Crippen LogP contribution in [-0.2, 0) is 16.0 Å². The number of carbonyl (C=O) groups is 2. The predicted octanol–water partition coefficient (Wildman–Crippen LogP) is 2.06. The summed E-state index contributed by atoms with van der Waals surface area (Å²) in [5.74, 6) is -0.812. The van der Waals surface area contributed by atoms with Crippen molar-refractivity contribution in [3.63, 3.8) is 0 Å². The van der Waals surface area contributed by atoms with Gasteiger partial charge in [-0.2, -0.15) is 0 Å². The molecule has 1 aromatic rings. The Bertz CT molecular complexity index is 654. The lowest BCUT2D eigenvalue weighted by Gasteiger charge is -2.32. The van der Waals surface area contributed by atoms with Crippen LogP contribution in [0.3, 0.4) is 0 Å². The van der Waals surface area contributed by atoms with E-state index in [1.165, 1.54) is 16.8 Å². The molecule has 2 N–H and O–H groups in total. The maximum absolute atomic E-state index is 12.1. The molecule has 4 rings (SSSR count). The van der Waals surface area contributed by atoms with Crippen LogP contribution in [0.2, 0.25) is 0 Å². The smallest absolute Gasteiger partial charge is 0.172 e. The van der Waals surface area contributed by atoms with Gasteiger partial charge in [0.15, 0.2) is 17.7 Å². The fraction of sp³-hybridized carbons (Fsp3) is 0.556. The molecule has 1 aliphatic heterocycles. The number of hydrogen-bond donors (Lipinski definition) is 2. The maximum Gasteiger partial charge on any atom is 0.172 e. The van der Waals surface area contributed by atoms with Crippen molar-refractivity contribution in [2.75, 3.05) is 5.32 Å². The number of para-hydroxylation sites is 1. The van der Waals surface area contributed by atoms with Crippen molar-refractivity contribution >= 4 is 17.3 Å². The van der Waals surface area contributed by atoms with Crippen LogP contribution in [0.15, 0.2) is 18.2 Å². The van der Waals surface area contributed by atoms with E-state index < -0.39 is 6.10 Å². The summed E-state index contributed by atoms with van der Waals surface area (Å²) < 4.78 is 0. The van der Waals surface area contributed by atoms with Gasteiger partial charge >= 0.3 is 0 Å². The summed E-state index contributed by atoms with van der Waals surface area (Å²) in [6.45, 7) is 2.17. The number of fused-ring (bicyclic) bond motifs is 4. The van der Waals surface area contributed by atoms with Crippen LogP contribution >= 0.6 is 0 Å². The lowest BCUT2D eigenvalue weighted by Crippen LogP contribution is -2.36. The number of Topliss-reactive ketones (excluding diaryl/α,β-unsaturated/α-hetero) is 2. The molecular weight excluding hydrogens is 278 g/mol. The number of hydrogen-bond acceptors (Lipinski definition) is 4. The Morgan fingerprint density at radius 1 is 1.14 bits per heavy atom. The Balaban J connectivity index is 1.68. The lowest BCUT2D eigenvalue weighted by atomic mass is 9.71. The first-order chi connectivity index (χ1) is 10.6. The van der Waals surface area contributed by atoms with Gasteiger partial charge in [-0.3, -0.25) is 9.59 Å². The third-order valence-electron chi connectivity index (χ3n) is 5.69. The molecule has 4 nitrogen and oxygen atoms in total. The molecule has 2 saturated carbocycles. The summed E-state index contributed by atoms with van der Waals surface area (Å²) in [5, 5.41) is 13.4. The predicted molar refractivity (Wildman–Crippen MR) is 82.8 cm³/mol. The second-order valence-electron chi connectivity index (χ2n) is 6.88. The van der Waals surface area contributed by atoms with Crippen LogP contribution in [0.4, 0.5) is 5.69 Å². The Morgan fingerprint density at radius 3 is 2.59 bits per heavy atom. The number of carbonyl (C=O) groups excluding carboxylic acids is 2. The summed E-state index contributed by atoms with van der Waals surface area (Å²) in [5.41, 5.74) is 3.84. The molecule has 1 aromatic carbocycles. The number of ketones is 2. The number of nitrogens with one attached hydrogen (secondary N) is 1. The Hall–Kier alpha value is -1.68. The van der Waals surface area contributed by atoms with E-state index >= 15 is 0 Å². The Kier molecular flexibility index (Phi) is 3.12. The van der Waals surface area contributed by atoms with Crippen molar-refractivity contribution < 1.29 is 14.7 Å². The molecule has 0 bridgehead atoms. The van der Waals surface area contributed by atoms with Crippen LogP contribution in [0.5, 0.6) is 0 Å². The quantitative estimate of drug-likeness (QED) is 0.820. The first-order valence-corrected chi connectivity index (χ1v) is 8.25. The van der Waals surface area contributed by atoms with Crippen molar-refractivity contribution in [3.05, 3.63) is 29.3 Å². The first-order valence-electron chi connectivity index (χ1n) is 8.25. The van der Waals surface area contributed by atoms with Gasteiger partial charge in [0.1, 0.15) is 0 Å². The Labute approximate surface area is 129 Å². The lowest BCUT2D eigenvalue weighted by molar-refractivity contribution is -0.133. The summed E-state index contributed by atoms with van der Waals surface area (Å²) in [7, 11) is 0. The van der Waals surface area contributed by atoms with Gasteiger partial charge < -0.3 is 10.4 Å².